The first-order valence-electron chi connectivity index (χ1n) is 11.8. The van der Waals surface area contributed by atoms with Gasteiger partial charge in [-0.1, -0.05) is 5.21 Å². The predicted octanol–water partition coefficient (Wildman–Crippen LogP) is -0.583. The van der Waals surface area contributed by atoms with Gasteiger partial charge in [0.2, 0.25) is 12.1 Å². The van der Waals surface area contributed by atoms with E-state index < -0.39 is 37.5 Å². The van der Waals surface area contributed by atoms with E-state index in [1.165, 1.54) is 35.1 Å². The molecule has 0 saturated carbocycles. The van der Waals surface area contributed by atoms with Crippen molar-refractivity contribution in [2.24, 2.45) is 5.90 Å². The number of benzene rings is 1. The van der Waals surface area contributed by atoms with Crippen molar-refractivity contribution in [1.29, 1.82) is 0 Å². The summed E-state index contributed by atoms with van der Waals surface area (Å²) < 4.78 is 68.3. The first kappa shape index (κ1) is 10.4. The molecule has 1 aromatic heterocycles. The number of hydrogen-bond donors (Lipinski definition) is 3. The van der Waals surface area contributed by atoms with Crippen LogP contribution in [0, 0.1) is 0 Å². The molecule has 0 bridgehead atoms. The first-order valence-corrected chi connectivity index (χ1v) is 7.29. The highest BCUT2D eigenvalue weighted by atomic mass is 16.6. The number of amides is 1. The second-order valence-corrected chi connectivity index (χ2v) is 5.24. The molecule has 1 amide bonds. The van der Waals surface area contributed by atoms with Crippen molar-refractivity contribution < 1.29 is 31.2 Å². The zero-order chi connectivity index (χ0) is 26.7. The van der Waals surface area contributed by atoms with Gasteiger partial charge in [-0.25, -0.2) is 10.6 Å². The zero-order valence-corrected chi connectivity index (χ0v) is 13.5. The number of hydrogen-bond acceptors (Lipinski definition) is 7. The summed E-state index contributed by atoms with van der Waals surface area (Å²) in [5.41, 5.74) is 0.964. The molecule has 0 aliphatic rings. The minimum absolute atomic E-state index is 0.0489. The molecule has 140 valence electrons. The summed E-state index contributed by atoms with van der Waals surface area (Å²) in [6, 6.07) is 5.72. The van der Waals surface area contributed by atoms with E-state index in [4.69, 9.17) is 18.2 Å². The average molecular weight is 371 g/mol. The zero-order valence-electron chi connectivity index (χ0n) is 22.5. The van der Waals surface area contributed by atoms with Crippen molar-refractivity contribution in [2.45, 2.75) is 12.7 Å². The van der Waals surface area contributed by atoms with E-state index in [0.717, 1.165) is 0 Å². The monoisotopic (exact) mass is 371 g/mol. The van der Waals surface area contributed by atoms with Gasteiger partial charge in [0.1, 0.15) is 12.3 Å². The third-order valence-electron chi connectivity index (χ3n) is 3.21. The van der Waals surface area contributed by atoms with Crippen LogP contribution in [0.3, 0.4) is 0 Å². The molecule has 0 spiro atoms. The summed E-state index contributed by atoms with van der Waals surface area (Å²) in [4.78, 5) is 27.4. The van der Waals surface area contributed by atoms with Crippen LogP contribution in [0.1, 0.15) is 18.0 Å². The fraction of sp³-hybridized carbons (Fsp3) is 0.375. The third-order valence-corrected chi connectivity index (χ3v) is 3.21. The van der Waals surface area contributed by atoms with E-state index in [-0.39, 0.29) is 25.1 Å². The van der Waals surface area contributed by atoms with Crippen LogP contribution in [0.4, 0.5) is 5.69 Å². The number of carbonyl (C=O) groups is 2. The van der Waals surface area contributed by atoms with Crippen molar-refractivity contribution in [3.63, 3.8) is 0 Å². The van der Waals surface area contributed by atoms with Crippen LogP contribution in [0.15, 0.2) is 30.5 Å². The number of anilines is 1. The van der Waals surface area contributed by atoms with Crippen LogP contribution in [-0.4, -0.2) is 65.4 Å². The van der Waals surface area contributed by atoms with Gasteiger partial charge in [-0.2, -0.15) is 0 Å². The fourth-order valence-corrected chi connectivity index (χ4v) is 1.92. The quantitative estimate of drug-likeness (QED) is 0.233. The number of aldehydes is 1. The Kier molecular flexibility index (Phi) is 3.39. The number of rotatable bonds is 9. The van der Waals surface area contributed by atoms with Gasteiger partial charge in [0.05, 0.1) is 51.7 Å². The van der Waals surface area contributed by atoms with Gasteiger partial charge in [0, 0.05) is 5.69 Å². The molecule has 1 atom stereocenters. The Balaban J connectivity index is 2.29. The number of likely N-dealkylation sites (N-methyl/N-ethyl adjacent to an activating group) is 1. The van der Waals surface area contributed by atoms with Crippen LogP contribution in [0.2, 0.25) is 0 Å². The van der Waals surface area contributed by atoms with Crippen LogP contribution in [0.5, 0.6) is 0 Å². The van der Waals surface area contributed by atoms with Gasteiger partial charge < -0.3 is 15.1 Å². The predicted molar refractivity (Wildman–Crippen MR) is 94.9 cm³/mol. The van der Waals surface area contributed by atoms with Crippen LogP contribution < -0.4 is 16.5 Å². The van der Waals surface area contributed by atoms with E-state index in [1.54, 1.807) is 0 Å². The highest BCUT2D eigenvalue weighted by Gasteiger charge is 2.22. The molecule has 2 rings (SSSR count). The lowest BCUT2D eigenvalue weighted by Gasteiger charge is -2.31. The highest BCUT2D eigenvalue weighted by molar-refractivity contribution is 5.77. The molecule has 2 aromatic rings. The number of nitrogens with two attached hydrogens (primary N) is 1. The summed E-state index contributed by atoms with van der Waals surface area (Å²) in [6.45, 7) is -11.1. The molecule has 1 heterocycles. The smallest absolute Gasteiger partial charge is 0.248 e. The van der Waals surface area contributed by atoms with Gasteiger partial charge in [-0.15, -0.1) is 5.10 Å². The molecule has 0 saturated heterocycles. The minimum atomic E-state index is -3.60. The van der Waals surface area contributed by atoms with E-state index in [0.29, 0.717) is 11.4 Å². The van der Waals surface area contributed by atoms with Gasteiger partial charge in [0.15, 0.2) is 6.29 Å². The maximum atomic E-state index is 11.8. The van der Waals surface area contributed by atoms with Crippen LogP contribution in [0.25, 0.3) is 5.69 Å². The van der Waals surface area contributed by atoms with Crippen molar-refractivity contribution in [3.05, 3.63) is 36.2 Å². The van der Waals surface area contributed by atoms with Crippen molar-refractivity contribution in [2.75, 3.05) is 32.9 Å². The molecule has 1 aromatic carbocycles. The Bertz CT molecular complexity index is 983. The standard InChI is InChI=1S/C16H23N7O3/c1-23(2,3)15(10-24)19-12-4-6-14(7-5-12)22-9-13(20-21-22)8-18-16(25)11-26-17/h4-7,9-10,15,19H,8,11,17H2,1-3H3/p+1/i1D3,2D3,3D3. The topological polar surface area (TPSA) is 124 Å². The molecule has 0 fully saturated rings. The van der Waals surface area contributed by atoms with E-state index >= 15 is 0 Å². The van der Waals surface area contributed by atoms with Gasteiger partial charge >= 0.3 is 0 Å². The van der Waals surface area contributed by atoms with Gasteiger partial charge in [0.25, 0.3) is 0 Å². The second-order valence-electron chi connectivity index (χ2n) is 5.24. The number of aromatic nitrogens is 3. The Hall–Kier alpha value is -2.82. The fourth-order valence-electron chi connectivity index (χ4n) is 1.92. The van der Waals surface area contributed by atoms with E-state index in [2.05, 4.69) is 25.8 Å². The molecule has 0 radical (unpaired) electrons. The molecular formula is C16H24N7O3+. The van der Waals surface area contributed by atoms with Crippen molar-refractivity contribution in [1.82, 2.24) is 20.3 Å². The van der Waals surface area contributed by atoms with Gasteiger partial charge in [-0.3, -0.25) is 14.4 Å². The first-order chi connectivity index (χ1) is 16.1. The van der Waals surface area contributed by atoms with E-state index in [9.17, 15) is 9.59 Å². The largest absolute Gasteiger partial charge is 0.348 e. The highest BCUT2D eigenvalue weighted by Crippen LogP contribution is 2.15. The van der Waals surface area contributed by atoms with E-state index in [1.807, 2.05) is 0 Å². The third kappa shape index (κ3) is 5.34. The van der Waals surface area contributed by atoms with Crippen LogP contribution in [-0.2, 0) is 21.0 Å². The minimum Gasteiger partial charge on any atom is -0.348 e. The maximum absolute atomic E-state index is 11.8. The molecule has 10 nitrogen and oxygen atoms in total. The lowest BCUT2D eigenvalue weighted by molar-refractivity contribution is -0.881. The van der Waals surface area contributed by atoms with Crippen molar-refractivity contribution >= 4 is 17.9 Å². The second kappa shape index (κ2) is 8.52. The summed E-state index contributed by atoms with van der Waals surface area (Å²) in [7, 11) is 0. The molecule has 0 aliphatic heterocycles. The molecule has 4 N–H and O–H groups in total. The Morgan fingerprint density at radius 3 is 2.77 bits per heavy atom. The normalized spacial score (nSPS) is 19.0. The van der Waals surface area contributed by atoms with Gasteiger partial charge in [-0.05, 0) is 24.3 Å². The Morgan fingerprint density at radius 1 is 1.42 bits per heavy atom. The summed E-state index contributed by atoms with van der Waals surface area (Å²) in [5, 5.41) is 12.7. The maximum Gasteiger partial charge on any atom is 0.248 e. The lowest BCUT2D eigenvalue weighted by Crippen LogP contribution is -2.50. The molecule has 1 unspecified atom stereocenters. The number of carbonyl (C=O) groups excluding carboxylic acids is 2. The Morgan fingerprint density at radius 2 is 2.15 bits per heavy atom. The number of nitrogens with one attached hydrogen (secondary N) is 2. The molecule has 0 aliphatic carbocycles. The summed E-state index contributed by atoms with van der Waals surface area (Å²) in [5.74, 6) is 4.36. The van der Waals surface area contributed by atoms with Crippen molar-refractivity contribution in [3.8, 4) is 5.69 Å². The SMILES string of the molecule is [2H]C([2H])([2H])[N+](C(C=O)Nc1ccc(-n2cc(CNC(=O)CON)nn2)cc1)(C([2H])([2H])[2H])C([2H])([2H])[2H]. The summed E-state index contributed by atoms with van der Waals surface area (Å²) in [6.07, 6.45) is -0.695. The lowest BCUT2D eigenvalue weighted by atomic mass is 10.2. The number of quaternary nitrogens is 1. The number of nitrogens with zero attached hydrogens (tertiary/aromatic N) is 4. The van der Waals surface area contributed by atoms with Crippen LogP contribution >= 0.6 is 0 Å². The average Bonchev–Trinajstić information content (AvgIpc) is 3.18. The molecular weight excluding hydrogens is 338 g/mol. The molecule has 26 heavy (non-hydrogen) atoms. The Labute approximate surface area is 164 Å². The summed E-state index contributed by atoms with van der Waals surface area (Å²) >= 11 is 0. The molecule has 10 heteroatoms.